The van der Waals surface area contributed by atoms with Crippen molar-refractivity contribution in [3.8, 4) is 0 Å². The Kier molecular flexibility index (Phi) is 12.1. The van der Waals surface area contributed by atoms with E-state index in [0.29, 0.717) is 36.8 Å². The van der Waals surface area contributed by atoms with Crippen molar-refractivity contribution < 1.29 is 53.3 Å². The second kappa shape index (κ2) is 15.9. The number of aliphatic hydroxyl groups excluding tert-OH is 2. The van der Waals surface area contributed by atoms with E-state index in [-0.39, 0.29) is 36.6 Å². The maximum Gasteiger partial charge on any atom is 0.316 e. The number of carbonyl (C=O) groups is 1. The molecule has 0 aromatic heterocycles. The first-order valence-electron chi connectivity index (χ1n) is 19.2. The summed E-state index contributed by atoms with van der Waals surface area (Å²) in [4.78, 5) is 14.2. The lowest BCUT2D eigenvalue weighted by Gasteiger charge is -2.48. The Morgan fingerprint density at radius 2 is 1.81 bits per heavy atom. The molecule has 1 spiro atoms. The van der Waals surface area contributed by atoms with Crippen molar-refractivity contribution in [2.45, 2.75) is 153 Å². The minimum absolute atomic E-state index is 0.0471. The van der Waals surface area contributed by atoms with Crippen LogP contribution < -0.4 is 0 Å². The molecule has 5 heterocycles. The number of esters is 1. The molecule has 0 aromatic carbocycles. The highest BCUT2D eigenvalue weighted by Gasteiger charge is 2.60. The molecular weight excluding hydrogens is 668 g/mol. The van der Waals surface area contributed by atoms with E-state index in [1.54, 1.807) is 26.2 Å². The molecule has 0 radical (unpaired) electrons. The molecule has 2 unspecified atom stereocenters. The molecule has 52 heavy (non-hydrogen) atoms. The third kappa shape index (κ3) is 7.68. The summed E-state index contributed by atoms with van der Waals surface area (Å²) in [6, 6.07) is 0. The lowest BCUT2D eigenvalue weighted by molar-refractivity contribution is -0.300. The van der Waals surface area contributed by atoms with Gasteiger partial charge in [0.05, 0.1) is 37.1 Å². The second-order valence-electron chi connectivity index (χ2n) is 16.1. The molecule has 3 saturated heterocycles. The van der Waals surface area contributed by atoms with E-state index in [4.69, 9.17) is 33.2 Å². The van der Waals surface area contributed by atoms with Crippen LogP contribution >= 0.6 is 0 Å². The minimum Gasteiger partial charge on any atom is -0.462 e. The Morgan fingerprint density at radius 3 is 2.54 bits per heavy atom. The molecule has 16 atom stereocenters. The highest BCUT2D eigenvalue weighted by molar-refractivity contribution is 5.78. The number of hydrogen-bond acceptors (Lipinski definition) is 11. The van der Waals surface area contributed by atoms with Crippen LogP contribution in [-0.2, 0) is 38.0 Å². The van der Waals surface area contributed by atoms with Gasteiger partial charge in [0.2, 0.25) is 0 Å². The van der Waals surface area contributed by atoms with Crippen LogP contribution in [0.5, 0.6) is 0 Å². The SMILES string of the molecule is CCC(C)[C@H]1O[C@]2(C=C[C@@H]1C)C[C@@H]1C[C@@H](C/C=C(\C)[C@@H](O[C@H]3C[C@H](OC)[C@@H](O)[C@H](C)O3)[C@@H](C)/C=C/C=C3\CO[C@@H]4[C@H](O)C(C)=CC(C(=O)O1)[C@]34O)O2. The van der Waals surface area contributed by atoms with Crippen LogP contribution in [0.15, 0.2) is 59.3 Å². The Balaban J connectivity index is 1.38. The first-order chi connectivity index (χ1) is 24.7. The molecule has 5 aliphatic heterocycles. The zero-order valence-electron chi connectivity index (χ0n) is 32.0. The number of allylic oxidation sites excluding steroid dienone is 2. The molecule has 3 N–H and O–H groups in total. The van der Waals surface area contributed by atoms with Gasteiger partial charge in [0.1, 0.15) is 35.9 Å². The normalized spacial score (nSPS) is 48.8. The van der Waals surface area contributed by atoms with Crippen LogP contribution in [0.4, 0.5) is 0 Å². The van der Waals surface area contributed by atoms with Crippen molar-refractivity contribution in [1.82, 2.24) is 0 Å². The largest absolute Gasteiger partial charge is 0.462 e. The fraction of sp³-hybridized carbons (Fsp3) is 0.732. The smallest absolute Gasteiger partial charge is 0.316 e. The first-order valence-corrected chi connectivity index (χ1v) is 19.2. The molecule has 0 amide bonds. The number of methoxy groups -OCH3 is 1. The molecule has 0 aromatic rings. The first kappa shape index (κ1) is 39.5. The van der Waals surface area contributed by atoms with E-state index in [1.165, 1.54) is 0 Å². The molecule has 290 valence electrons. The van der Waals surface area contributed by atoms with Gasteiger partial charge in [-0.15, -0.1) is 0 Å². The van der Waals surface area contributed by atoms with Crippen molar-refractivity contribution in [1.29, 1.82) is 0 Å². The summed E-state index contributed by atoms with van der Waals surface area (Å²) in [6.45, 7) is 14.2. The van der Waals surface area contributed by atoms with Gasteiger partial charge < -0.3 is 48.5 Å². The third-order valence-corrected chi connectivity index (χ3v) is 12.3. The maximum absolute atomic E-state index is 14.2. The molecule has 0 saturated carbocycles. The molecule has 2 bridgehead atoms. The van der Waals surface area contributed by atoms with E-state index in [0.717, 1.165) is 12.0 Å². The predicted octanol–water partition coefficient (Wildman–Crippen LogP) is 4.84. The summed E-state index contributed by atoms with van der Waals surface area (Å²) in [5.41, 5.74) is 0.184. The van der Waals surface area contributed by atoms with Crippen LogP contribution in [0, 0.1) is 23.7 Å². The van der Waals surface area contributed by atoms with Gasteiger partial charge in [-0.2, -0.15) is 0 Å². The average Bonchev–Trinajstić information content (AvgIpc) is 3.45. The van der Waals surface area contributed by atoms with E-state index in [1.807, 2.05) is 39.0 Å². The number of ether oxygens (including phenoxy) is 7. The Hall–Kier alpha value is -2.19. The third-order valence-electron chi connectivity index (χ3n) is 12.3. The van der Waals surface area contributed by atoms with Gasteiger partial charge in [-0.1, -0.05) is 70.6 Å². The number of rotatable bonds is 5. The van der Waals surface area contributed by atoms with Crippen LogP contribution in [0.25, 0.3) is 0 Å². The number of hydrogen-bond donors (Lipinski definition) is 3. The van der Waals surface area contributed by atoms with Crippen LogP contribution in [0.2, 0.25) is 0 Å². The van der Waals surface area contributed by atoms with Crippen molar-refractivity contribution in [3.05, 3.63) is 59.3 Å². The lowest BCUT2D eigenvalue weighted by atomic mass is 9.71. The lowest BCUT2D eigenvalue weighted by Crippen LogP contribution is -2.58. The van der Waals surface area contributed by atoms with E-state index >= 15 is 0 Å². The van der Waals surface area contributed by atoms with Crippen molar-refractivity contribution in [3.63, 3.8) is 0 Å². The van der Waals surface area contributed by atoms with Crippen molar-refractivity contribution in [2.75, 3.05) is 13.7 Å². The highest BCUT2D eigenvalue weighted by atomic mass is 16.7. The summed E-state index contributed by atoms with van der Waals surface area (Å²) in [6.07, 6.45) is 10.2. The topological polar surface area (TPSA) is 142 Å². The van der Waals surface area contributed by atoms with Crippen molar-refractivity contribution in [2.24, 2.45) is 23.7 Å². The molecule has 6 rings (SSSR count). The standard InChI is InChI=1S/C41H60O11/c1-9-22(2)37-25(5)15-16-40(52-37)20-30-18-29(51-40)14-13-24(4)36(50-33-19-32(46-8)35(43)27(7)48-33)23(3)11-10-12-28-21-47-38-34(42)26(6)17-31(39(44)49-30)41(28,38)45/h10-13,15-17,22-23,25,27,29-38,42-43,45H,9,14,18-21H2,1-8H3/b11-10+,24-13+,28-12+/t22?,23-,25-,27-,29+,30-,31?,32-,33-,34+,35-,36-,37+,38+,40+,41+/m0/s1. The molecule has 3 fully saturated rings. The van der Waals surface area contributed by atoms with Gasteiger partial charge in [-0.05, 0) is 55.9 Å². The van der Waals surface area contributed by atoms with Crippen molar-refractivity contribution >= 4 is 5.97 Å². The van der Waals surface area contributed by atoms with Gasteiger partial charge in [-0.25, -0.2) is 0 Å². The Labute approximate surface area is 308 Å². The van der Waals surface area contributed by atoms with E-state index < -0.39 is 72.3 Å². The molecule has 11 nitrogen and oxygen atoms in total. The Bertz CT molecular complexity index is 1450. The van der Waals surface area contributed by atoms with E-state index in [2.05, 4.69) is 32.9 Å². The van der Waals surface area contributed by atoms with Crippen LogP contribution in [-0.4, -0.2) is 108 Å². The average molecular weight is 729 g/mol. The summed E-state index contributed by atoms with van der Waals surface area (Å²) < 4.78 is 44.4. The maximum atomic E-state index is 14.2. The highest BCUT2D eigenvalue weighted by Crippen LogP contribution is 2.47. The molecule has 1 aliphatic carbocycles. The van der Waals surface area contributed by atoms with Gasteiger partial charge in [0.25, 0.3) is 0 Å². The Morgan fingerprint density at radius 1 is 1.04 bits per heavy atom. The summed E-state index contributed by atoms with van der Waals surface area (Å²) >= 11 is 0. The summed E-state index contributed by atoms with van der Waals surface area (Å²) in [5, 5.41) is 34.1. The summed E-state index contributed by atoms with van der Waals surface area (Å²) in [7, 11) is 1.58. The summed E-state index contributed by atoms with van der Waals surface area (Å²) in [5.74, 6) is -2.44. The second-order valence-corrected chi connectivity index (χ2v) is 16.1. The molecule has 11 heteroatoms. The fourth-order valence-electron chi connectivity index (χ4n) is 8.87. The fourth-order valence-corrected chi connectivity index (χ4v) is 8.87. The number of aliphatic hydroxyl groups is 3. The van der Waals surface area contributed by atoms with Crippen LogP contribution in [0.3, 0.4) is 0 Å². The van der Waals surface area contributed by atoms with Gasteiger partial charge in [-0.3, -0.25) is 4.79 Å². The van der Waals surface area contributed by atoms with Gasteiger partial charge in [0, 0.05) is 38.2 Å². The monoisotopic (exact) mass is 728 g/mol. The molecular formula is C41H60O11. The molecule has 6 aliphatic rings. The quantitative estimate of drug-likeness (QED) is 0.265. The minimum atomic E-state index is -1.81. The zero-order chi connectivity index (χ0) is 37.5. The van der Waals surface area contributed by atoms with Gasteiger partial charge >= 0.3 is 5.97 Å². The van der Waals surface area contributed by atoms with Gasteiger partial charge in [0.15, 0.2) is 12.1 Å². The zero-order valence-corrected chi connectivity index (χ0v) is 32.0. The number of carbonyl (C=O) groups excluding carboxylic acids is 1. The van der Waals surface area contributed by atoms with Crippen LogP contribution in [0.1, 0.15) is 80.6 Å². The predicted molar refractivity (Wildman–Crippen MR) is 193 cm³/mol. The van der Waals surface area contributed by atoms with E-state index in [9.17, 15) is 20.1 Å². The number of fused-ring (bicyclic) bond motifs is 2.